The van der Waals surface area contributed by atoms with Crippen LogP contribution in [0.5, 0.6) is 0 Å². The van der Waals surface area contributed by atoms with Crippen molar-refractivity contribution >= 4 is 5.91 Å². The number of methoxy groups -OCH3 is 1. The highest BCUT2D eigenvalue weighted by atomic mass is 16.5. The summed E-state index contributed by atoms with van der Waals surface area (Å²) in [6.45, 7) is 7.73. The number of hydrogen-bond acceptors (Lipinski definition) is 3. The number of carbonyl (C=O) groups is 1. The molecule has 1 rings (SSSR count). The lowest BCUT2D eigenvalue weighted by Crippen LogP contribution is -2.43. The smallest absolute Gasteiger partial charge is 0.243 e. The maximum Gasteiger partial charge on any atom is 0.243 e. The molecule has 0 bridgehead atoms. The number of hydrogen-bond donors (Lipinski definition) is 1. The molecule has 1 aliphatic rings. The van der Waals surface area contributed by atoms with Crippen molar-refractivity contribution in [2.75, 3.05) is 20.3 Å². The largest absolute Gasteiger partial charge is 0.385 e. The highest BCUT2D eigenvalue weighted by molar-refractivity contribution is 5.88. The normalized spacial score (nSPS) is 29.1. The summed E-state index contributed by atoms with van der Waals surface area (Å²) < 4.78 is 5.05. The second kappa shape index (κ2) is 6.36. The molecule has 100 valence electrons. The van der Waals surface area contributed by atoms with E-state index in [0.717, 1.165) is 32.2 Å². The number of nitrogens with zero attached hydrogens (tertiary/aromatic N) is 1. The summed E-state index contributed by atoms with van der Waals surface area (Å²) in [5.41, 5.74) is -0.368. The second-order valence-corrected chi connectivity index (χ2v) is 4.98. The molecule has 4 heteroatoms. The van der Waals surface area contributed by atoms with Crippen molar-refractivity contribution in [1.29, 1.82) is 0 Å². The molecule has 17 heavy (non-hydrogen) atoms. The minimum atomic E-state index is -0.368. The van der Waals surface area contributed by atoms with Crippen LogP contribution >= 0.6 is 0 Å². The fourth-order valence-corrected chi connectivity index (χ4v) is 2.36. The Labute approximate surface area is 105 Å². The van der Waals surface area contributed by atoms with Gasteiger partial charge in [0.2, 0.25) is 5.91 Å². The zero-order chi connectivity index (χ0) is 12.9. The maximum atomic E-state index is 12.4. The maximum absolute atomic E-state index is 12.4. The summed E-state index contributed by atoms with van der Waals surface area (Å²) in [6.07, 6.45) is 4.06. The van der Waals surface area contributed by atoms with E-state index in [1.807, 2.05) is 11.8 Å². The van der Waals surface area contributed by atoms with Gasteiger partial charge in [0.15, 0.2) is 0 Å². The molecular weight excluding hydrogens is 216 g/mol. The Morgan fingerprint density at radius 2 is 2.18 bits per heavy atom. The van der Waals surface area contributed by atoms with Crippen LogP contribution in [-0.2, 0) is 9.53 Å². The molecule has 2 unspecified atom stereocenters. The molecule has 0 spiro atoms. The third kappa shape index (κ3) is 3.19. The number of carbonyl (C=O) groups excluding carboxylic acids is 1. The van der Waals surface area contributed by atoms with Crippen LogP contribution in [0.1, 0.15) is 46.5 Å². The van der Waals surface area contributed by atoms with Gasteiger partial charge in [0.05, 0.1) is 11.7 Å². The van der Waals surface area contributed by atoms with E-state index in [2.05, 4.69) is 19.2 Å². The van der Waals surface area contributed by atoms with Gasteiger partial charge in [-0.2, -0.15) is 0 Å². The van der Waals surface area contributed by atoms with E-state index in [9.17, 15) is 4.79 Å². The predicted molar refractivity (Wildman–Crippen MR) is 68.7 cm³/mol. The van der Waals surface area contributed by atoms with Crippen LogP contribution in [0.25, 0.3) is 0 Å². The Hall–Kier alpha value is -0.610. The molecule has 1 N–H and O–H groups in total. The quantitative estimate of drug-likeness (QED) is 0.692. The van der Waals surface area contributed by atoms with Gasteiger partial charge >= 0.3 is 0 Å². The van der Waals surface area contributed by atoms with Crippen LogP contribution in [0.3, 0.4) is 0 Å². The van der Waals surface area contributed by atoms with Gasteiger partial charge < -0.3 is 9.64 Å². The van der Waals surface area contributed by atoms with Crippen LogP contribution < -0.4 is 5.32 Å². The molecule has 0 saturated carbocycles. The zero-order valence-corrected chi connectivity index (χ0v) is 11.6. The van der Waals surface area contributed by atoms with E-state index in [1.165, 1.54) is 0 Å². The molecule has 1 aliphatic heterocycles. The van der Waals surface area contributed by atoms with E-state index in [4.69, 9.17) is 4.74 Å². The minimum Gasteiger partial charge on any atom is -0.385 e. The van der Waals surface area contributed by atoms with Crippen molar-refractivity contribution in [2.24, 2.45) is 0 Å². The molecule has 4 nitrogen and oxygen atoms in total. The van der Waals surface area contributed by atoms with E-state index >= 15 is 0 Å². The van der Waals surface area contributed by atoms with Gasteiger partial charge in [0.1, 0.15) is 0 Å². The predicted octanol–water partition coefficient (Wildman–Crippen LogP) is 1.75. The standard InChI is InChI=1S/C13H26N2O2/c1-5-8-11-14-13(3,6-2)12(16)15(11)9-7-10-17-4/h11,14H,5-10H2,1-4H3. The van der Waals surface area contributed by atoms with Crippen LogP contribution in [0, 0.1) is 0 Å². The van der Waals surface area contributed by atoms with Gasteiger partial charge in [-0.1, -0.05) is 20.3 Å². The van der Waals surface area contributed by atoms with Crippen LogP contribution in [0.2, 0.25) is 0 Å². The summed E-state index contributed by atoms with van der Waals surface area (Å²) in [6, 6.07) is 0. The van der Waals surface area contributed by atoms with Crippen molar-refractivity contribution in [3.05, 3.63) is 0 Å². The first kappa shape index (κ1) is 14.5. The van der Waals surface area contributed by atoms with E-state index < -0.39 is 0 Å². The first-order valence-electron chi connectivity index (χ1n) is 6.66. The molecule has 0 aromatic heterocycles. The fraction of sp³-hybridized carbons (Fsp3) is 0.923. The van der Waals surface area contributed by atoms with Gasteiger partial charge in [-0.3, -0.25) is 10.1 Å². The summed E-state index contributed by atoms with van der Waals surface area (Å²) >= 11 is 0. The average Bonchev–Trinajstić information content (AvgIpc) is 2.55. The highest BCUT2D eigenvalue weighted by Crippen LogP contribution is 2.25. The molecule has 2 atom stereocenters. The molecule has 1 heterocycles. The summed E-state index contributed by atoms with van der Waals surface area (Å²) in [5, 5.41) is 3.48. The second-order valence-electron chi connectivity index (χ2n) is 4.98. The van der Waals surface area contributed by atoms with E-state index in [0.29, 0.717) is 6.61 Å². The average molecular weight is 242 g/mol. The topological polar surface area (TPSA) is 41.6 Å². The first-order valence-corrected chi connectivity index (χ1v) is 6.66. The number of nitrogens with one attached hydrogen (secondary N) is 1. The van der Waals surface area contributed by atoms with Gasteiger partial charge in [-0.15, -0.1) is 0 Å². The van der Waals surface area contributed by atoms with Gasteiger partial charge in [-0.05, 0) is 26.2 Å². The number of amides is 1. The molecule has 0 aromatic carbocycles. The lowest BCUT2D eigenvalue weighted by molar-refractivity contribution is -0.133. The van der Waals surface area contributed by atoms with Gasteiger partial charge in [0.25, 0.3) is 0 Å². The first-order chi connectivity index (χ1) is 8.09. The molecule has 0 aliphatic carbocycles. The molecule has 1 fully saturated rings. The highest BCUT2D eigenvalue weighted by Gasteiger charge is 2.45. The van der Waals surface area contributed by atoms with Crippen molar-refractivity contribution in [1.82, 2.24) is 10.2 Å². The van der Waals surface area contributed by atoms with Crippen molar-refractivity contribution in [2.45, 2.75) is 58.2 Å². The summed E-state index contributed by atoms with van der Waals surface area (Å²) in [5.74, 6) is 0.245. The monoisotopic (exact) mass is 242 g/mol. The fourth-order valence-electron chi connectivity index (χ4n) is 2.36. The molecule has 1 saturated heterocycles. The molecular formula is C13H26N2O2. The molecule has 0 radical (unpaired) electrons. The summed E-state index contributed by atoms with van der Waals surface area (Å²) in [4.78, 5) is 14.4. The lowest BCUT2D eigenvalue weighted by atomic mass is 9.99. The Morgan fingerprint density at radius 3 is 2.71 bits per heavy atom. The minimum absolute atomic E-state index is 0.203. The lowest BCUT2D eigenvalue weighted by Gasteiger charge is -2.23. The SMILES string of the molecule is CCCC1NC(C)(CC)C(=O)N1CCCOC. The van der Waals surface area contributed by atoms with Crippen LogP contribution in [-0.4, -0.2) is 42.8 Å². The Morgan fingerprint density at radius 1 is 1.47 bits per heavy atom. The summed E-state index contributed by atoms with van der Waals surface area (Å²) in [7, 11) is 1.70. The van der Waals surface area contributed by atoms with Crippen molar-refractivity contribution in [3.8, 4) is 0 Å². The van der Waals surface area contributed by atoms with Gasteiger partial charge in [0, 0.05) is 20.3 Å². The third-order valence-electron chi connectivity index (χ3n) is 3.61. The number of rotatable bonds is 7. The molecule has 0 aromatic rings. The van der Waals surface area contributed by atoms with Crippen molar-refractivity contribution in [3.63, 3.8) is 0 Å². The Bertz CT molecular complexity index is 258. The Balaban J connectivity index is 2.65. The molecule has 1 amide bonds. The van der Waals surface area contributed by atoms with E-state index in [-0.39, 0.29) is 17.6 Å². The van der Waals surface area contributed by atoms with E-state index in [1.54, 1.807) is 7.11 Å². The third-order valence-corrected chi connectivity index (χ3v) is 3.61. The number of ether oxygens (including phenoxy) is 1. The van der Waals surface area contributed by atoms with Crippen LogP contribution in [0.4, 0.5) is 0 Å². The van der Waals surface area contributed by atoms with Crippen molar-refractivity contribution < 1.29 is 9.53 Å². The van der Waals surface area contributed by atoms with Crippen LogP contribution in [0.15, 0.2) is 0 Å². The van der Waals surface area contributed by atoms with Gasteiger partial charge in [-0.25, -0.2) is 0 Å². The zero-order valence-electron chi connectivity index (χ0n) is 11.6. The Kier molecular flexibility index (Phi) is 5.40.